The van der Waals surface area contributed by atoms with Crippen LogP contribution >= 0.6 is 0 Å². The standard InChI is InChI=1S/C15H21N5O4/c1-20(14-16-7-4-8-17-14)9-13(22)24-10-12(21)19-15(23)18-11-5-2-3-6-11/h4,7-8,11H,2-3,5-6,9-10H2,1H3,(H2,18,19,21,23). The molecule has 0 radical (unpaired) electrons. The first kappa shape index (κ1) is 17.6. The molecule has 9 heteroatoms. The minimum absolute atomic E-state index is 0.106. The first-order valence-electron chi connectivity index (χ1n) is 7.78. The van der Waals surface area contributed by atoms with Gasteiger partial charge in [-0.3, -0.25) is 14.9 Å². The Labute approximate surface area is 139 Å². The third-order valence-corrected chi connectivity index (χ3v) is 3.57. The monoisotopic (exact) mass is 335 g/mol. The molecule has 1 aliphatic rings. The number of hydrogen-bond acceptors (Lipinski definition) is 7. The number of aromatic nitrogens is 2. The molecule has 0 bridgehead atoms. The Kier molecular flexibility index (Phi) is 6.47. The van der Waals surface area contributed by atoms with Crippen molar-refractivity contribution in [2.75, 3.05) is 25.1 Å². The van der Waals surface area contributed by atoms with Gasteiger partial charge in [0, 0.05) is 25.5 Å². The van der Waals surface area contributed by atoms with Crippen LogP contribution in [0.4, 0.5) is 10.7 Å². The average molecular weight is 335 g/mol. The van der Waals surface area contributed by atoms with Crippen LogP contribution in [0.2, 0.25) is 0 Å². The Balaban J connectivity index is 1.65. The van der Waals surface area contributed by atoms with Gasteiger partial charge in [-0.15, -0.1) is 0 Å². The van der Waals surface area contributed by atoms with Crippen molar-refractivity contribution in [3.63, 3.8) is 0 Å². The molecule has 1 saturated carbocycles. The number of carbonyl (C=O) groups excluding carboxylic acids is 3. The van der Waals surface area contributed by atoms with Crippen LogP contribution in [0.1, 0.15) is 25.7 Å². The van der Waals surface area contributed by atoms with E-state index in [2.05, 4.69) is 20.6 Å². The third-order valence-electron chi connectivity index (χ3n) is 3.57. The van der Waals surface area contributed by atoms with Crippen molar-refractivity contribution in [2.24, 2.45) is 0 Å². The van der Waals surface area contributed by atoms with Crippen LogP contribution in [-0.4, -0.2) is 54.1 Å². The molecule has 1 heterocycles. The summed E-state index contributed by atoms with van der Waals surface area (Å²) >= 11 is 0. The van der Waals surface area contributed by atoms with Crippen molar-refractivity contribution >= 4 is 23.9 Å². The molecule has 9 nitrogen and oxygen atoms in total. The van der Waals surface area contributed by atoms with Crippen LogP contribution < -0.4 is 15.5 Å². The minimum atomic E-state index is -0.669. The maximum atomic E-state index is 11.7. The van der Waals surface area contributed by atoms with Gasteiger partial charge in [-0.05, 0) is 18.9 Å². The van der Waals surface area contributed by atoms with E-state index in [4.69, 9.17) is 4.74 Å². The number of urea groups is 1. The average Bonchev–Trinajstić information content (AvgIpc) is 3.06. The maximum absolute atomic E-state index is 11.7. The zero-order chi connectivity index (χ0) is 17.4. The van der Waals surface area contributed by atoms with E-state index in [9.17, 15) is 14.4 Å². The molecule has 0 aliphatic heterocycles. The summed E-state index contributed by atoms with van der Waals surface area (Å²) in [5, 5.41) is 4.86. The molecule has 1 aromatic rings. The number of carbonyl (C=O) groups is 3. The summed E-state index contributed by atoms with van der Waals surface area (Å²) in [6.45, 7) is -0.619. The number of imide groups is 1. The zero-order valence-corrected chi connectivity index (χ0v) is 13.5. The lowest BCUT2D eigenvalue weighted by Gasteiger charge is -2.15. The van der Waals surface area contributed by atoms with E-state index in [1.54, 1.807) is 25.5 Å². The number of nitrogens with one attached hydrogen (secondary N) is 2. The Bertz CT molecular complexity index is 574. The normalized spacial score (nSPS) is 14.0. The number of nitrogens with zero attached hydrogens (tertiary/aromatic N) is 3. The van der Waals surface area contributed by atoms with Crippen molar-refractivity contribution in [3.8, 4) is 0 Å². The van der Waals surface area contributed by atoms with E-state index in [1.165, 1.54) is 4.90 Å². The first-order chi connectivity index (χ1) is 11.5. The number of ether oxygens (including phenoxy) is 1. The molecule has 1 aliphatic carbocycles. The summed E-state index contributed by atoms with van der Waals surface area (Å²) in [7, 11) is 1.63. The predicted molar refractivity (Wildman–Crippen MR) is 85.2 cm³/mol. The maximum Gasteiger partial charge on any atom is 0.326 e. The number of amides is 3. The fraction of sp³-hybridized carbons (Fsp3) is 0.533. The Morgan fingerprint density at radius 1 is 1.25 bits per heavy atom. The van der Waals surface area contributed by atoms with Crippen molar-refractivity contribution < 1.29 is 19.1 Å². The quantitative estimate of drug-likeness (QED) is 0.715. The van der Waals surface area contributed by atoms with Gasteiger partial charge >= 0.3 is 12.0 Å². The molecule has 2 N–H and O–H groups in total. The summed E-state index contributed by atoms with van der Waals surface area (Å²) in [6, 6.07) is 1.22. The topological polar surface area (TPSA) is 114 Å². The second-order valence-corrected chi connectivity index (χ2v) is 5.57. The lowest BCUT2D eigenvalue weighted by atomic mass is 10.2. The number of hydrogen-bond donors (Lipinski definition) is 2. The van der Waals surface area contributed by atoms with Crippen LogP contribution in [0.25, 0.3) is 0 Å². The van der Waals surface area contributed by atoms with Gasteiger partial charge in [-0.2, -0.15) is 0 Å². The molecule has 1 fully saturated rings. The summed E-state index contributed by atoms with van der Waals surface area (Å²) in [5.41, 5.74) is 0. The summed E-state index contributed by atoms with van der Waals surface area (Å²) in [4.78, 5) is 44.4. The Hall–Kier alpha value is -2.71. The summed E-state index contributed by atoms with van der Waals surface area (Å²) < 4.78 is 4.84. The van der Waals surface area contributed by atoms with E-state index in [0.29, 0.717) is 5.95 Å². The number of likely N-dealkylation sites (N-methyl/N-ethyl adjacent to an activating group) is 1. The van der Waals surface area contributed by atoms with Crippen LogP contribution in [0.3, 0.4) is 0 Å². The highest BCUT2D eigenvalue weighted by Crippen LogP contribution is 2.17. The molecule has 0 unspecified atom stereocenters. The van der Waals surface area contributed by atoms with Gasteiger partial charge in [-0.1, -0.05) is 12.8 Å². The molecule has 0 atom stereocenters. The Morgan fingerprint density at radius 2 is 1.92 bits per heavy atom. The highest BCUT2D eigenvalue weighted by molar-refractivity contribution is 5.95. The summed E-state index contributed by atoms with van der Waals surface area (Å²) in [6.07, 6.45) is 7.11. The van der Waals surface area contributed by atoms with E-state index >= 15 is 0 Å². The lowest BCUT2D eigenvalue weighted by Crippen LogP contribution is -2.45. The van der Waals surface area contributed by atoms with Crippen molar-refractivity contribution in [3.05, 3.63) is 18.5 Å². The fourth-order valence-electron chi connectivity index (χ4n) is 2.40. The smallest absolute Gasteiger partial charge is 0.326 e. The lowest BCUT2D eigenvalue weighted by molar-refractivity contribution is -0.146. The van der Waals surface area contributed by atoms with E-state index in [-0.39, 0.29) is 12.6 Å². The highest BCUT2D eigenvalue weighted by Gasteiger charge is 2.19. The molecule has 3 amide bonds. The van der Waals surface area contributed by atoms with E-state index in [0.717, 1.165) is 25.7 Å². The van der Waals surface area contributed by atoms with Gasteiger partial charge in [-0.25, -0.2) is 14.8 Å². The predicted octanol–water partition coefficient (Wildman–Crippen LogP) is 0.224. The largest absolute Gasteiger partial charge is 0.454 e. The van der Waals surface area contributed by atoms with Gasteiger partial charge in [0.1, 0.15) is 6.54 Å². The van der Waals surface area contributed by atoms with Gasteiger partial charge in [0.05, 0.1) is 0 Å². The summed E-state index contributed by atoms with van der Waals surface area (Å²) in [5.74, 6) is -0.913. The molecule has 0 spiro atoms. The van der Waals surface area contributed by atoms with Gasteiger partial charge in [0.25, 0.3) is 5.91 Å². The van der Waals surface area contributed by atoms with Crippen molar-refractivity contribution in [1.29, 1.82) is 0 Å². The SMILES string of the molecule is CN(CC(=O)OCC(=O)NC(=O)NC1CCCC1)c1ncccn1. The second kappa shape index (κ2) is 8.80. The third kappa shape index (κ3) is 5.82. The molecule has 2 rings (SSSR count). The molecule has 24 heavy (non-hydrogen) atoms. The number of esters is 1. The van der Waals surface area contributed by atoms with Crippen LogP contribution in [-0.2, 0) is 14.3 Å². The highest BCUT2D eigenvalue weighted by atomic mass is 16.5. The molecule has 0 aromatic carbocycles. The Morgan fingerprint density at radius 3 is 2.58 bits per heavy atom. The van der Waals surface area contributed by atoms with Crippen LogP contribution in [0.5, 0.6) is 0 Å². The van der Waals surface area contributed by atoms with E-state index in [1.807, 2.05) is 0 Å². The van der Waals surface area contributed by atoms with Gasteiger partial charge in [0.2, 0.25) is 5.95 Å². The molecular formula is C15H21N5O4. The first-order valence-corrected chi connectivity index (χ1v) is 7.78. The molecule has 1 aromatic heterocycles. The van der Waals surface area contributed by atoms with Crippen LogP contribution in [0, 0.1) is 0 Å². The second-order valence-electron chi connectivity index (χ2n) is 5.57. The van der Waals surface area contributed by atoms with E-state index < -0.39 is 24.5 Å². The molecular weight excluding hydrogens is 314 g/mol. The van der Waals surface area contributed by atoms with Crippen LogP contribution in [0.15, 0.2) is 18.5 Å². The zero-order valence-electron chi connectivity index (χ0n) is 13.5. The minimum Gasteiger partial charge on any atom is -0.454 e. The molecule has 0 saturated heterocycles. The van der Waals surface area contributed by atoms with Crippen molar-refractivity contribution in [1.82, 2.24) is 20.6 Å². The number of rotatable bonds is 6. The fourth-order valence-corrected chi connectivity index (χ4v) is 2.40. The van der Waals surface area contributed by atoms with Gasteiger partial charge < -0.3 is 15.0 Å². The van der Waals surface area contributed by atoms with Crippen molar-refractivity contribution in [2.45, 2.75) is 31.7 Å². The van der Waals surface area contributed by atoms with Gasteiger partial charge in [0.15, 0.2) is 6.61 Å². The molecule has 130 valence electrons. The number of anilines is 1.